The molecule has 0 radical (unpaired) electrons. The van der Waals surface area contributed by atoms with Crippen molar-refractivity contribution in [3.8, 4) is 0 Å². The van der Waals surface area contributed by atoms with Gasteiger partial charge in [0.1, 0.15) is 0 Å². The lowest BCUT2D eigenvalue weighted by molar-refractivity contribution is -0.114. The van der Waals surface area contributed by atoms with Crippen LogP contribution in [0.15, 0.2) is 24.3 Å². The molecule has 22 heavy (non-hydrogen) atoms. The molecule has 2 fully saturated rings. The van der Waals surface area contributed by atoms with E-state index in [2.05, 4.69) is 27.7 Å². The van der Waals surface area contributed by atoms with Gasteiger partial charge in [-0.3, -0.25) is 9.69 Å². The molecule has 0 unspecified atom stereocenters. The number of amides is 1. The van der Waals surface area contributed by atoms with Crippen LogP contribution in [0.3, 0.4) is 0 Å². The molecule has 122 valence electrons. The highest BCUT2D eigenvalue weighted by atomic mass is 35.5. The van der Waals surface area contributed by atoms with Gasteiger partial charge in [-0.25, -0.2) is 0 Å². The molecule has 1 spiro atoms. The predicted molar refractivity (Wildman–Crippen MR) is 92.4 cm³/mol. The van der Waals surface area contributed by atoms with Crippen LogP contribution in [0.25, 0.3) is 0 Å². The van der Waals surface area contributed by atoms with Crippen LogP contribution in [-0.2, 0) is 11.3 Å². The van der Waals surface area contributed by atoms with Crippen molar-refractivity contribution in [3.63, 3.8) is 0 Å². The fraction of sp³-hybridized carbons (Fsp3) is 0.588. The molecule has 2 aliphatic heterocycles. The number of halogens is 1. The molecule has 1 aromatic carbocycles. The molecule has 0 atom stereocenters. The Balaban J connectivity index is 0.00000176. The maximum absolute atomic E-state index is 11.0. The van der Waals surface area contributed by atoms with Crippen LogP contribution in [0.4, 0.5) is 5.69 Å². The second kappa shape index (κ2) is 7.44. The highest BCUT2D eigenvalue weighted by molar-refractivity contribution is 5.88. The number of carbonyl (C=O) groups is 1. The minimum absolute atomic E-state index is 0. The molecule has 2 saturated heterocycles. The van der Waals surface area contributed by atoms with E-state index in [0.717, 1.165) is 12.2 Å². The molecule has 1 amide bonds. The second-order valence-corrected chi connectivity index (χ2v) is 6.59. The summed E-state index contributed by atoms with van der Waals surface area (Å²) in [7, 11) is 0. The van der Waals surface area contributed by atoms with E-state index in [1.165, 1.54) is 57.9 Å². The SMILES string of the molecule is CC(=O)Nc1ccc(CN2CCC3(CCNCC3)C2)cc1.Cl. The Morgan fingerprint density at radius 1 is 1.23 bits per heavy atom. The van der Waals surface area contributed by atoms with Crippen molar-refractivity contribution in [3.05, 3.63) is 29.8 Å². The van der Waals surface area contributed by atoms with Gasteiger partial charge in [0.25, 0.3) is 0 Å². The van der Waals surface area contributed by atoms with E-state index in [9.17, 15) is 4.79 Å². The van der Waals surface area contributed by atoms with E-state index in [0.29, 0.717) is 5.41 Å². The van der Waals surface area contributed by atoms with E-state index in [-0.39, 0.29) is 18.3 Å². The van der Waals surface area contributed by atoms with Crippen molar-refractivity contribution in [1.29, 1.82) is 0 Å². The Bertz CT molecular complexity index is 497. The van der Waals surface area contributed by atoms with Crippen molar-refractivity contribution in [2.75, 3.05) is 31.5 Å². The Morgan fingerprint density at radius 3 is 2.55 bits per heavy atom. The zero-order valence-electron chi connectivity index (χ0n) is 13.2. The molecular weight excluding hydrogens is 298 g/mol. The molecule has 2 aliphatic rings. The van der Waals surface area contributed by atoms with Gasteiger partial charge in [0, 0.05) is 25.7 Å². The van der Waals surface area contributed by atoms with Crippen molar-refractivity contribution in [2.24, 2.45) is 5.41 Å². The van der Waals surface area contributed by atoms with Crippen molar-refractivity contribution >= 4 is 24.0 Å². The maximum Gasteiger partial charge on any atom is 0.221 e. The van der Waals surface area contributed by atoms with E-state index in [4.69, 9.17) is 0 Å². The molecule has 0 bridgehead atoms. The Kier molecular flexibility index (Phi) is 5.84. The van der Waals surface area contributed by atoms with Crippen LogP contribution in [0.1, 0.15) is 31.7 Å². The van der Waals surface area contributed by atoms with Gasteiger partial charge in [-0.15, -0.1) is 12.4 Å². The molecular formula is C17H26ClN3O. The van der Waals surface area contributed by atoms with E-state index in [1.807, 2.05) is 12.1 Å². The summed E-state index contributed by atoms with van der Waals surface area (Å²) in [5.41, 5.74) is 2.78. The third-order valence-corrected chi connectivity index (χ3v) is 4.86. The van der Waals surface area contributed by atoms with Crippen LogP contribution in [-0.4, -0.2) is 37.0 Å². The Morgan fingerprint density at radius 2 is 1.91 bits per heavy atom. The van der Waals surface area contributed by atoms with Gasteiger partial charge < -0.3 is 10.6 Å². The zero-order valence-corrected chi connectivity index (χ0v) is 14.0. The lowest BCUT2D eigenvalue weighted by atomic mass is 9.78. The first-order chi connectivity index (χ1) is 10.2. The van der Waals surface area contributed by atoms with Gasteiger partial charge in [0.2, 0.25) is 5.91 Å². The highest BCUT2D eigenvalue weighted by Gasteiger charge is 2.38. The molecule has 0 aliphatic carbocycles. The first-order valence-electron chi connectivity index (χ1n) is 7.95. The summed E-state index contributed by atoms with van der Waals surface area (Å²) in [6, 6.07) is 8.23. The summed E-state index contributed by atoms with van der Waals surface area (Å²) in [4.78, 5) is 13.6. The molecule has 2 N–H and O–H groups in total. The average molecular weight is 324 g/mol. The minimum atomic E-state index is -0.0184. The van der Waals surface area contributed by atoms with Crippen molar-refractivity contribution in [1.82, 2.24) is 10.2 Å². The summed E-state index contributed by atoms with van der Waals surface area (Å²) in [6.07, 6.45) is 3.99. The van der Waals surface area contributed by atoms with Gasteiger partial charge in [-0.2, -0.15) is 0 Å². The molecule has 4 nitrogen and oxygen atoms in total. The topological polar surface area (TPSA) is 44.4 Å². The van der Waals surface area contributed by atoms with Gasteiger partial charge in [-0.1, -0.05) is 12.1 Å². The number of rotatable bonds is 3. The second-order valence-electron chi connectivity index (χ2n) is 6.59. The zero-order chi connectivity index (χ0) is 14.7. The summed E-state index contributed by atoms with van der Waals surface area (Å²) in [5, 5.41) is 6.28. The van der Waals surface area contributed by atoms with Gasteiger partial charge in [0.05, 0.1) is 0 Å². The molecule has 5 heteroatoms. The molecule has 3 rings (SSSR count). The molecule has 2 heterocycles. The number of carbonyl (C=O) groups excluding carboxylic acids is 1. The lowest BCUT2D eigenvalue weighted by Crippen LogP contribution is -2.38. The normalized spacial score (nSPS) is 20.6. The molecule has 0 aromatic heterocycles. The standard InChI is InChI=1S/C17H25N3O.ClH/c1-14(21)19-16-4-2-15(3-5-16)12-20-11-8-17(13-20)6-9-18-10-7-17;/h2-5,18H,6-13H2,1H3,(H,19,21);1H. The van der Waals surface area contributed by atoms with Gasteiger partial charge in [-0.05, 0) is 62.0 Å². The summed E-state index contributed by atoms with van der Waals surface area (Å²) < 4.78 is 0. The number of likely N-dealkylation sites (tertiary alicyclic amines) is 1. The number of benzene rings is 1. The lowest BCUT2D eigenvalue weighted by Gasteiger charge is -2.33. The monoisotopic (exact) mass is 323 g/mol. The minimum Gasteiger partial charge on any atom is -0.326 e. The fourth-order valence-electron chi connectivity index (χ4n) is 3.68. The number of anilines is 1. The molecule has 1 aromatic rings. The van der Waals surface area contributed by atoms with Crippen LogP contribution in [0.2, 0.25) is 0 Å². The first-order valence-corrected chi connectivity index (χ1v) is 7.95. The first kappa shape index (κ1) is 17.3. The number of hydrogen-bond acceptors (Lipinski definition) is 3. The predicted octanol–water partition coefficient (Wildman–Crippen LogP) is 2.64. The fourth-order valence-corrected chi connectivity index (χ4v) is 3.68. The van der Waals surface area contributed by atoms with Gasteiger partial charge >= 0.3 is 0 Å². The quantitative estimate of drug-likeness (QED) is 0.899. The maximum atomic E-state index is 11.0. The van der Waals surface area contributed by atoms with E-state index < -0.39 is 0 Å². The van der Waals surface area contributed by atoms with Crippen LogP contribution in [0, 0.1) is 5.41 Å². The smallest absolute Gasteiger partial charge is 0.221 e. The average Bonchev–Trinajstić information content (AvgIpc) is 2.84. The summed E-state index contributed by atoms with van der Waals surface area (Å²) in [5.74, 6) is -0.0184. The van der Waals surface area contributed by atoms with Gasteiger partial charge in [0.15, 0.2) is 0 Å². The third-order valence-electron chi connectivity index (χ3n) is 4.86. The molecule has 0 saturated carbocycles. The number of piperidine rings is 1. The summed E-state index contributed by atoms with van der Waals surface area (Å²) >= 11 is 0. The number of nitrogens with one attached hydrogen (secondary N) is 2. The summed E-state index contributed by atoms with van der Waals surface area (Å²) in [6.45, 7) is 7.38. The van der Waals surface area contributed by atoms with E-state index in [1.54, 1.807) is 0 Å². The number of hydrogen-bond donors (Lipinski definition) is 2. The van der Waals surface area contributed by atoms with Crippen molar-refractivity contribution < 1.29 is 4.79 Å². The van der Waals surface area contributed by atoms with Crippen LogP contribution >= 0.6 is 12.4 Å². The number of nitrogens with zero attached hydrogens (tertiary/aromatic N) is 1. The Hall–Kier alpha value is -1.10. The van der Waals surface area contributed by atoms with Crippen molar-refractivity contribution in [2.45, 2.75) is 32.7 Å². The Labute approximate surface area is 139 Å². The largest absolute Gasteiger partial charge is 0.326 e. The van der Waals surface area contributed by atoms with Crippen LogP contribution < -0.4 is 10.6 Å². The van der Waals surface area contributed by atoms with E-state index >= 15 is 0 Å². The third kappa shape index (κ3) is 4.22. The highest BCUT2D eigenvalue weighted by Crippen LogP contribution is 2.38. The van der Waals surface area contributed by atoms with Crippen LogP contribution in [0.5, 0.6) is 0 Å².